The first-order valence-electron chi connectivity index (χ1n) is 10.7. The van der Waals surface area contributed by atoms with E-state index in [4.69, 9.17) is 4.74 Å². The van der Waals surface area contributed by atoms with Gasteiger partial charge in [0.15, 0.2) is 6.61 Å². The Labute approximate surface area is 194 Å². The van der Waals surface area contributed by atoms with E-state index in [0.29, 0.717) is 23.2 Å². The number of hydrogen-bond acceptors (Lipinski definition) is 6. The Hall–Kier alpha value is -2.82. The molecule has 1 heterocycles. The first-order valence-corrected chi connectivity index (χ1v) is 11.6. The Bertz CT molecular complexity index is 888. The lowest BCUT2D eigenvalue weighted by atomic mass is 9.99. The van der Waals surface area contributed by atoms with Gasteiger partial charge in [-0.1, -0.05) is 33.1 Å². The van der Waals surface area contributed by atoms with E-state index < -0.39 is 12.3 Å². The summed E-state index contributed by atoms with van der Waals surface area (Å²) in [5.41, 5.74) is 0.312. The summed E-state index contributed by atoms with van der Waals surface area (Å²) in [6.45, 7) is 4.67. The molecule has 0 saturated heterocycles. The van der Waals surface area contributed by atoms with Gasteiger partial charge >= 0.3 is 6.36 Å². The van der Waals surface area contributed by atoms with Gasteiger partial charge < -0.3 is 20.1 Å². The molecule has 7 nitrogen and oxygen atoms in total. The first kappa shape index (κ1) is 26.4. The molecule has 2 amide bonds. The van der Waals surface area contributed by atoms with E-state index in [9.17, 15) is 22.8 Å². The number of carbonyl (C=O) groups is 2. The summed E-state index contributed by atoms with van der Waals surface area (Å²) in [7, 11) is 0. The second-order valence-electron chi connectivity index (χ2n) is 7.34. The molecule has 2 aromatic rings. The number of nitrogens with one attached hydrogen (secondary N) is 2. The number of unbranched alkanes of at least 4 members (excludes halogenated alkanes) is 1. The molecule has 182 valence electrons. The zero-order valence-electron chi connectivity index (χ0n) is 18.5. The predicted molar refractivity (Wildman–Crippen MR) is 118 cm³/mol. The molecule has 1 aromatic heterocycles. The van der Waals surface area contributed by atoms with Gasteiger partial charge in [0.25, 0.3) is 11.8 Å². The zero-order chi connectivity index (χ0) is 24.3. The molecule has 0 aliphatic heterocycles. The SMILES string of the molecule is CCCCC(CC)CNC(=O)c1csc(CNC(=O)COc2ccc(OC(F)(F)F)cc2)n1. The quantitative estimate of drug-likeness (QED) is 0.428. The fraction of sp³-hybridized carbons (Fsp3) is 0.500. The Morgan fingerprint density at radius 1 is 1.12 bits per heavy atom. The van der Waals surface area contributed by atoms with Crippen molar-refractivity contribution in [2.24, 2.45) is 5.92 Å². The predicted octanol–water partition coefficient (Wildman–Crippen LogP) is 4.68. The lowest BCUT2D eigenvalue weighted by molar-refractivity contribution is -0.274. The summed E-state index contributed by atoms with van der Waals surface area (Å²) < 4.78 is 45.5. The lowest BCUT2D eigenvalue weighted by Gasteiger charge is -2.14. The van der Waals surface area contributed by atoms with Crippen molar-refractivity contribution in [2.75, 3.05) is 13.2 Å². The number of ether oxygens (including phenoxy) is 2. The fourth-order valence-corrected chi connectivity index (χ4v) is 3.59. The van der Waals surface area contributed by atoms with Crippen LogP contribution in [-0.2, 0) is 11.3 Å². The van der Waals surface area contributed by atoms with Gasteiger partial charge in [-0.2, -0.15) is 0 Å². The Morgan fingerprint density at radius 2 is 1.82 bits per heavy atom. The number of thiazole rings is 1. The minimum absolute atomic E-state index is 0.132. The number of benzene rings is 1. The van der Waals surface area contributed by atoms with Crippen LogP contribution in [-0.4, -0.2) is 36.3 Å². The van der Waals surface area contributed by atoms with Crippen LogP contribution in [0.2, 0.25) is 0 Å². The third kappa shape index (κ3) is 10.1. The normalized spacial score (nSPS) is 12.2. The maximum Gasteiger partial charge on any atom is 0.573 e. The van der Waals surface area contributed by atoms with Crippen LogP contribution in [0.25, 0.3) is 0 Å². The number of alkyl halides is 3. The monoisotopic (exact) mass is 487 g/mol. The van der Waals surface area contributed by atoms with Crippen molar-refractivity contribution in [1.82, 2.24) is 15.6 Å². The zero-order valence-corrected chi connectivity index (χ0v) is 19.4. The van der Waals surface area contributed by atoms with E-state index in [2.05, 4.69) is 34.2 Å². The smallest absolute Gasteiger partial charge is 0.484 e. The van der Waals surface area contributed by atoms with Crippen LogP contribution >= 0.6 is 11.3 Å². The van der Waals surface area contributed by atoms with Crippen molar-refractivity contribution in [1.29, 1.82) is 0 Å². The third-order valence-corrected chi connectivity index (χ3v) is 5.59. The maximum atomic E-state index is 12.3. The molecule has 1 atom stereocenters. The largest absolute Gasteiger partial charge is 0.573 e. The van der Waals surface area contributed by atoms with Crippen molar-refractivity contribution >= 4 is 23.2 Å². The highest BCUT2D eigenvalue weighted by Gasteiger charge is 2.31. The number of halogens is 3. The number of nitrogens with zero attached hydrogens (tertiary/aromatic N) is 1. The second kappa shape index (κ2) is 13.0. The van der Waals surface area contributed by atoms with Crippen molar-refractivity contribution in [2.45, 2.75) is 52.4 Å². The van der Waals surface area contributed by atoms with Crippen LogP contribution in [0, 0.1) is 5.92 Å². The average Bonchev–Trinajstić information content (AvgIpc) is 3.25. The Morgan fingerprint density at radius 3 is 2.45 bits per heavy atom. The van der Waals surface area contributed by atoms with E-state index in [0.717, 1.165) is 37.8 Å². The fourth-order valence-electron chi connectivity index (χ4n) is 2.88. The number of amides is 2. The Balaban J connectivity index is 1.72. The van der Waals surface area contributed by atoms with E-state index in [1.54, 1.807) is 5.38 Å². The molecule has 0 aliphatic carbocycles. The van der Waals surface area contributed by atoms with E-state index in [-0.39, 0.29) is 30.6 Å². The molecule has 1 aromatic carbocycles. The highest BCUT2D eigenvalue weighted by molar-refractivity contribution is 7.09. The molecule has 0 fully saturated rings. The molecular formula is C22H28F3N3O4S. The molecule has 2 N–H and O–H groups in total. The number of aromatic nitrogens is 1. The lowest BCUT2D eigenvalue weighted by Crippen LogP contribution is -2.30. The van der Waals surface area contributed by atoms with Crippen LogP contribution < -0.4 is 20.1 Å². The van der Waals surface area contributed by atoms with E-state index in [1.807, 2.05) is 0 Å². The minimum Gasteiger partial charge on any atom is -0.484 e. The van der Waals surface area contributed by atoms with Gasteiger partial charge in [-0.15, -0.1) is 24.5 Å². The van der Waals surface area contributed by atoms with Gasteiger partial charge in [-0.3, -0.25) is 9.59 Å². The van der Waals surface area contributed by atoms with E-state index >= 15 is 0 Å². The van der Waals surface area contributed by atoms with Crippen LogP contribution in [0.15, 0.2) is 29.6 Å². The van der Waals surface area contributed by atoms with Gasteiger partial charge in [-0.05, 0) is 36.6 Å². The summed E-state index contributed by atoms with van der Waals surface area (Å²) in [6.07, 6.45) is -0.432. The topological polar surface area (TPSA) is 89.6 Å². The summed E-state index contributed by atoms with van der Waals surface area (Å²) in [6, 6.07) is 4.72. The standard InChI is InChI=1S/C22H28F3N3O4S/c1-3-5-6-15(4-2)11-27-21(30)18-14-33-20(28-18)12-26-19(29)13-31-16-7-9-17(10-8-16)32-22(23,24)25/h7-10,14-15H,3-6,11-13H2,1-2H3,(H,26,29)(H,27,30). The summed E-state index contributed by atoms with van der Waals surface area (Å²) in [4.78, 5) is 28.5. The highest BCUT2D eigenvalue weighted by Crippen LogP contribution is 2.24. The van der Waals surface area contributed by atoms with Gasteiger partial charge in [-0.25, -0.2) is 4.98 Å². The molecular weight excluding hydrogens is 459 g/mol. The second-order valence-corrected chi connectivity index (χ2v) is 8.28. The van der Waals surface area contributed by atoms with Crippen molar-refractivity contribution < 1.29 is 32.2 Å². The van der Waals surface area contributed by atoms with Crippen LogP contribution in [0.3, 0.4) is 0 Å². The summed E-state index contributed by atoms with van der Waals surface area (Å²) in [5.74, 6) is -0.389. The molecule has 2 rings (SSSR count). The van der Waals surface area contributed by atoms with Gasteiger partial charge in [0, 0.05) is 11.9 Å². The van der Waals surface area contributed by atoms with Crippen LogP contribution in [0.5, 0.6) is 11.5 Å². The van der Waals surface area contributed by atoms with Crippen molar-refractivity contribution in [3.63, 3.8) is 0 Å². The molecule has 0 spiro atoms. The number of hydrogen-bond donors (Lipinski definition) is 2. The van der Waals surface area contributed by atoms with Crippen molar-refractivity contribution in [3.8, 4) is 11.5 Å². The molecule has 0 radical (unpaired) electrons. The molecule has 1 unspecified atom stereocenters. The molecule has 0 aliphatic rings. The van der Waals surface area contributed by atoms with Gasteiger partial charge in [0.2, 0.25) is 0 Å². The maximum absolute atomic E-state index is 12.3. The molecule has 11 heteroatoms. The minimum atomic E-state index is -4.77. The first-order chi connectivity index (χ1) is 15.7. The summed E-state index contributed by atoms with van der Waals surface area (Å²) in [5, 5.41) is 7.76. The van der Waals surface area contributed by atoms with Crippen molar-refractivity contribution in [3.05, 3.63) is 40.3 Å². The third-order valence-electron chi connectivity index (χ3n) is 4.74. The molecule has 33 heavy (non-hydrogen) atoms. The number of rotatable bonds is 13. The van der Waals surface area contributed by atoms with Crippen LogP contribution in [0.1, 0.15) is 55.0 Å². The molecule has 0 saturated carbocycles. The Kier molecular flexibility index (Phi) is 10.4. The van der Waals surface area contributed by atoms with Gasteiger partial charge in [0.05, 0.1) is 6.54 Å². The molecule has 0 bridgehead atoms. The highest BCUT2D eigenvalue weighted by atomic mass is 32.1. The van der Waals surface area contributed by atoms with Crippen LogP contribution in [0.4, 0.5) is 13.2 Å². The van der Waals surface area contributed by atoms with Gasteiger partial charge in [0.1, 0.15) is 22.2 Å². The summed E-state index contributed by atoms with van der Waals surface area (Å²) >= 11 is 1.26. The average molecular weight is 488 g/mol. The number of carbonyl (C=O) groups excluding carboxylic acids is 2. The van der Waals surface area contributed by atoms with E-state index in [1.165, 1.54) is 23.5 Å².